The minimum Gasteiger partial charge on any atom is -0.268 e. The number of hydrogen-bond donors (Lipinski definition) is 2. The van der Waals surface area contributed by atoms with E-state index in [1.165, 1.54) is 6.08 Å². The van der Waals surface area contributed by atoms with Gasteiger partial charge in [-0.1, -0.05) is 37.0 Å². The summed E-state index contributed by atoms with van der Waals surface area (Å²) in [5.41, 5.74) is 6.42. The first kappa shape index (κ1) is 20.0. The van der Waals surface area contributed by atoms with Gasteiger partial charge in [0, 0.05) is 28.8 Å². The molecule has 2 aromatic rings. The van der Waals surface area contributed by atoms with E-state index in [2.05, 4.69) is 29.8 Å². The number of carbonyl (C=O) groups is 2. The van der Waals surface area contributed by atoms with Crippen molar-refractivity contribution in [2.24, 2.45) is 5.92 Å². The zero-order valence-corrected chi connectivity index (χ0v) is 16.2. The standard InChI is InChI=1S/C18H20Cl2N4O2/c1-11(2)10-24-17(20)15(12(3)23-24)8-9-16(25)21-22-18(26)13-4-6-14(19)7-5-13/h4-9,11H,10H2,1-3H3,(H,21,25)(H,22,26)/b9-8+. The molecule has 0 fully saturated rings. The Morgan fingerprint density at radius 2 is 1.85 bits per heavy atom. The molecule has 0 unspecified atom stereocenters. The smallest absolute Gasteiger partial charge is 0.268 e. The summed E-state index contributed by atoms with van der Waals surface area (Å²) in [5, 5.41) is 5.37. The van der Waals surface area contributed by atoms with E-state index < -0.39 is 11.8 Å². The van der Waals surface area contributed by atoms with Gasteiger partial charge >= 0.3 is 0 Å². The van der Waals surface area contributed by atoms with Crippen LogP contribution in [0.2, 0.25) is 10.2 Å². The van der Waals surface area contributed by atoms with Crippen LogP contribution in [0, 0.1) is 12.8 Å². The van der Waals surface area contributed by atoms with Gasteiger partial charge in [-0.3, -0.25) is 25.1 Å². The molecule has 0 aliphatic heterocycles. The number of aryl methyl sites for hydroxylation is 1. The Morgan fingerprint density at radius 1 is 1.19 bits per heavy atom. The third kappa shape index (κ3) is 5.34. The predicted molar refractivity (Wildman–Crippen MR) is 103 cm³/mol. The second-order valence-electron chi connectivity index (χ2n) is 6.15. The van der Waals surface area contributed by atoms with Crippen LogP contribution in [0.5, 0.6) is 0 Å². The number of nitrogens with one attached hydrogen (secondary N) is 2. The van der Waals surface area contributed by atoms with E-state index in [9.17, 15) is 9.59 Å². The summed E-state index contributed by atoms with van der Waals surface area (Å²) in [7, 11) is 0. The van der Waals surface area contributed by atoms with Crippen LogP contribution in [0.3, 0.4) is 0 Å². The maximum absolute atomic E-state index is 11.9. The molecule has 1 aromatic carbocycles. The zero-order valence-electron chi connectivity index (χ0n) is 14.7. The molecule has 0 saturated carbocycles. The summed E-state index contributed by atoms with van der Waals surface area (Å²) in [6.45, 7) is 6.65. The number of hydrogen-bond acceptors (Lipinski definition) is 3. The zero-order chi connectivity index (χ0) is 19.3. The van der Waals surface area contributed by atoms with Crippen molar-refractivity contribution in [2.75, 3.05) is 0 Å². The highest BCUT2D eigenvalue weighted by atomic mass is 35.5. The molecule has 1 heterocycles. The lowest BCUT2D eigenvalue weighted by Gasteiger charge is -2.06. The van der Waals surface area contributed by atoms with Crippen LogP contribution in [0.1, 0.15) is 35.5 Å². The van der Waals surface area contributed by atoms with E-state index in [1.54, 1.807) is 35.0 Å². The second-order valence-corrected chi connectivity index (χ2v) is 6.94. The first-order valence-electron chi connectivity index (χ1n) is 8.04. The van der Waals surface area contributed by atoms with Crippen LogP contribution in [-0.2, 0) is 11.3 Å². The van der Waals surface area contributed by atoms with Crippen LogP contribution in [0.4, 0.5) is 0 Å². The highest BCUT2D eigenvalue weighted by molar-refractivity contribution is 6.31. The SMILES string of the molecule is Cc1nn(CC(C)C)c(Cl)c1/C=C/C(=O)NNC(=O)c1ccc(Cl)cc1. The minimum atomic E-state index is -0.487. The molecule has 0 bridgehead atoms. The van der Waals surface area contributed by atoms with Crippen molar-refractivity contribution in [3.05, 3.63) is 57.3 Å². The Kier molecular flexibility index (Phi) is 6.83. The van der Waals surface area contributed by atoms with Gasteiger partial charge in [-0.25, -0.2) is 0 Å². The van der Waals surface area contributed by atoms with Crippen molar-refractivity contribution in [2.45, 2.75) is 27.3 Å². The maximum Gasteiger partial charge on any atom is 0.269 e. The van der Waals surface area contributed by atoms with Crippen LogP contribution in [0.25, 0.3) is 6.08 Å². The fourth-order valence-electron chi connectivity index (χ4n) is 2.22. The average molecular weight is 395 g/mol. The normalized spacial score (nSPS) is 11.2. The van der Waals surface area contributed by atoms with Crippen molar-refractivity contribution in [1.82, 2.24) is 20.6 Å². The molecule has 8 heteroatoms. The summed E-state index contributed by atoms with van der Waals surface area (Å²) < 4.78 is 1.71. The topological polar surface area (TPSA) is 76.0 Å². The number of nitrogens with zero attached hydrogens (tertiary/aromatic N) is 2. The Bertz CT molecular complexity index is 826. The molecule has 0 aliphatic rings. The van der Waals surface area contributed by atoms with Crippen LogP contribution in [0.15, 0.2) is 30.3 Å². The van der Waals surface area contributed by atoms with E-state index in [-0.39, 0.29) is 0 Å². The fourth-order valence-corrected chi connectivity index (χ4v) is 2.65. The summed E-state index contributed by atoms with van der Waals surface area (Å²) >= 11 is 12.1. The third-order valence-corrected chi connectivity index (χ3v) is 4.11. The van der Waals surface area contributed by atoms with Gasteiger partial charge in [0.05, 0.1) is 5.69 Å². The number of aromatic nitrogens is 2. The van der Waals surface area contributed by atoms with E-state index in [0.717, 1.165) is 5.69 Å². The molecule has 0 aliphatic carbocycles. The Hall–Kier alpha value is -2.31. The van der Waals surface area contributed by atoms with Gasteiger partial charge in [0.1, 0.15) is 5.15 Å². The van der Waals surface area contributed by atoms with Gasteiger partial charge in [-0.15, -0.1) is 0 Å². The first-order chi connectivity index (χ1) is 12.3. The van der Waals surface area contributed by atoms with E-state index >= 15 is 0 Å². The molecule has 0 spiro atoms. The Morgan fingerprint density at radius 3 is 2.46 bits per heavy atom. The van der Waals surface area contributed by atoms with Crippen molar-refractivity contribution in [1.29, 1.82) is 0 Å². The lowest BCUT2D eigenvalue weighted by atomic mass is 10.2. The van der Waals surface area contributed by atoms with Crippen molar-refractivity contribution >= 4 is 41.1 Å². The van der Waals surface area contributed by atoms with Gasteiger partial charge in [0.25, 0.3) is 11.8 Å². The molecule has 2 rings (SSSR count). The van der Waals surface area contributed by atoms with E-state index in [4.69, 9.17) is 23.2 Å². The van der Waals surface area contributed by atoms with Gasteiger partial charge in [-0.2, -0.15) is 5.10 Å². The van der Waals surface area contributed by atoms with Crippen molar-refractivity contribution in [3.8, 4) is 0 Å². The molecular weight excluding hydrogens is 375 g/mol. The number of halogens is 2. The Balaban J connectivity index is 1.96. The molecule has 2 N–H and O–H groups in total. The molecule has 0 saturated heterocycles. The summed E-state index contributed by atoms with van der Waals surface area (Å²) in [6.07, 6.45) is 2.86. The lowest BCUT2D eigenvalue weighted by molar-refractivity contribution is -0.117. The van der Waals surface area contributed by atoms with E-state index in [1.807, 2.05) is 6.92 Å². The third-order valence-electron chi connectivity index (χ3n) is 3.45. The molecule has 0 atom stereocenters. The molecule has 1 aromatic heterocycles. The number of rotatable bonds is 5. The highest BCUT2D eigenvalue weighted by Crippen LogP contribution is 2.22. The molecule has 6 nitrogen and oxygen atoms in total. The molecule has 26 heavy (non-hydrogen) atoms. The van der Waals surface area contributed by atoms with Gasteiger partial charge in [-0.05, 0) is 43.2 Å². The number of hydrazine groups is 1. The van der Waals surface area contributed by atoms with Crippen molar-refractivity contribution < 1.29 is 9.59 Å². The maximum atomic E-state index is 11.9. The quantitative estimate of drug-likeness (QED) is 0.600. The highest BCUT2D eigenvalue weighted by Gasteiger charge is 2.12. The van der Waals surface area contributed by atoms with Crippen LogP contribution < -0.4 is 10.9 Å². The van der Waals surface area contributed by atoms with Crippen LogP contribution >= 0.6 is 23.2 Å². The largest absolute Gasteiger partial charge is 0.269 e. The average Bonchev–Trinajstić information content (AvgIpc) is 2.84. The van der Waals surface area contributed by atoms with E-state index in [0.29, 0.717) is 33.8 Å². The first-order valence-corrected chi connectivity index (χ1v) is 8.80. The van der Waals surface area contributed by atoms with Crippen LogP contribution in [-0.4, -0.2) is 21.6 Å². The monoisotopic (exact) mass is 394 g/mol. The lowest BCUT2D eigenvalue weighted by Crippen LogP contribution is -2.40. The molecule has 0 radical (unpaired) electrons. The summed E-state index contributed by atoms with van der Waals surface area (Å²) in [4.78, 5) is 23.8. The molecular formula is C18H20Cl2N4O2. The fraction of sp³-hybridized carbons (Fsp3) is 0.278. The Labute approximate surface area is 162 Å². The predicted octanol–water partition coefficient (Wildman–Crippen LogP) is 3.63. The number of amides is 2. The minimum absolute atomic E-state index is 0.382. The molecule has 2 amide bonds. The van der Waals surface area contributed by atoms with Gasteiger partial charge < -0.3 is 0 Å². The van der Waals surface area contributed by atoms with Gasteiger partial charge in [0.2, 0.25) is 0 Å². The number of benzene rings is 1. The summed E-state index contributed by atoms with van der Waals surface area (Å²) in [5.74, 6) is -0.531. The summed E-state index contributed by atoms with van der Waals surface area (Å²) in [6, 6.07) is 6.31. The second kappa shape index (κ2) is 8.87. The molecule has 138 valence electrons. The van der Waals surface area contributed by atoms with Crippen molar-refractivity contribution in [3.63, 3.8) is 0 Å². The number of carbonyl (C=O) groups excluding carboxylic acids is 2. The van der Waals surface area contributed by atoms with Gasteiger partial charge in [0.15, 0.2) is 0 Å².